The first kappa shape index (κ1) is 48.3. The minimum atomic E-state index is -1.36. The second kappa shape index (κ2) is 20.1. The molecule has 7 atom stereocenters. The van der Waals surface area contributed by atoms with Crippen LogP contribution in [-0.2, 0) is 53.2 Å². The first-order valence-corrected chi connectivity index (χ1v) is 22.0. The maximum absolute atomic E-state index is 14.6. The lowest BCUT2D eigenvalue weighted by atomic mass is 9.79. The summed E-state index contributed by atoms with van der Waals surface area (Å²) < 4.78 is 16.6. The molecule has 4 heterocycles. The number of nitrogens with zero attached hydrogens (tertiary/aromatic N) is 7. The number of non-ortho nitro benzene ring substituents is 3. The number of nitrogens with two attached hydrogens (primary N) is 1. The molecule has 68 heavy (non-hydrogen) atoms. The minimum absolute atomic E-state index is 0.0331. The number of nitro benzene ring substituents is 3. The summed E-state index contributed by atoms with van der Waals surface area (Å²) in [4.78, 5) is 119. The van der Waals surface area contributed by atoms with Gasteiger partial charge in [0.25, 0.3) is 17.1 Å². The molecule has 0 bridgehead atoms. The monoisotopic (exact) mass is 960 g/mol. The van der Waals surface area contributed by atoms with Gasteiger partial charge in [-0.15, -0.1) is 11.8 Å². The Labute approximate surface area is 390 Å². The third-order valence-corrected chi connectivity index (χ3v) is 13.7. The third kappa shape index (κ3) is 10.0. The van der Waals surface area contributed by atoms with Crippen LogP contribution in [0.5, 0.6) is 0 Å². The second-order valence-corrected chi connectivity index (χ2v) is 17.8. The Bertz CT molecular complexity index is 2560. The highest BCUT2D eigenvalue weighted by atomic mass is 32.2. The van der Waals surface area contributed by atoms with Crippen LogP contribution in [0.25, 0.3) is 0 Å². The van der Waals surface area contributed by atoms with E-state index in [-0.39, 0.29) is 75.2 Å². The van der Waals surface area contributed by atoms with Gasteiger partial charge in [0.15, 0.2) is 0 Å². The molecule has 0 saturated carbocycles. The third-order valence-electron chi connectivity index (χ3n) is 12.2. The van der Waals surface area contributed by atoms with Crippen LogP contribution in [0.3, 0.4) is 0 Å². The number of nitro groups is 3. The van der Waals surface area contributed by atoms with Crippen molar-refractivity contribution in [3.8, 4) is 0 Å². The molecule has 4 aliphatic heterocycles. The van der Waals surface area contributed by atoms with Gasteiger partial charge in [-0.05, 0) is 66.4 Å². The Morgan fingerprint density at radius 2 is 1.21 bits per heavy atom. The molecule has 7 rings (SSSR count). The van der Waals surface area contributed by atoms with Gasteiger partial charge in [-0.1, -0.05) is 6.92 Å². The van der Waals surface area contributed by atoms with Crippen LogP contribution < -0.4 is 5.73 Å². The largest absolute Gasteiger partial charge is 0.456 e. The Hall–Kier alpha value is -7.67. The molecule has 4 aliphatic rings. The number of β-lactam (4-membered cyclic amide) rings is 1. The lowest BCUT2D eigenvalue weighted by molar-refractivity contribution is -0.385. The maximum Gasteiger partial charge on any atom is 0.410 e. The molecular weight excluding hydrogens is 917 g/mol. The van der Waals surface area contributed by atoms with E-state index in [0.29, 0.717) is 21.6 Å². The Kier molecular flexibility index (Phi) is 14.2. The van der Waals surface area contributed by atoms with Gasteiger partial charge in [-0.2, -0.15) is 0 Å². The molecule has 3 N–H and O–H groups in total. The number of ether oxygens (including phenoxy) is 3. The summed E-state index contributed by atoms with van der Waals surface area (Å²) in [5.74, 6) is -4.36. The van der Waals surface area contributed by atoms with Gasteiger partial charge >= 0.3 is 18.2 Å². The van der Waals surface area contributed by atoms with Crippen LogP contribution >= 0.6 is 11.8 Å². The van der Waals surface area contributed by atoms with E-state index in [9.17, 15) is 64.2 Å². The summed E-state index contributed by atoms with van der Waals surface area (Å²) in [6, 6.07) is 12.7. The maximum atomic E-state index is 14.6. The number of primary amides is 1. The molecular formula is C43H44N8O16S. The van der Waals surface area contributed by atoms with Crippen molar-refractivity contribution in [3.05, 3.63) is 130 Å². The van der Waals surface area contributed by atoms with E-state index < -0.39 is 92.0 Å². The zero-order valence-corrected chi connectivity index (χ0v) is 37.1. The number of amides is 5. The van der Waals surface area contributed by atoms with E-state index in [1.807, 2.05) is 0 Å². The summed E-state index contributed by atoms with van der Waals surface area (Å²) >= 11 is 1.14. The fourth-order valence-corrected chi connectivity index (χ4v) is 10.2. The van der Waals surface area contributed by atoms with Crippen molar-refractivity contribution in [1.82, 2.24) is 19.6 Å². The zero-order valence-electron chi connectivity index (χ0n) is 36.3. The summed E-state index contributed by atoms with van der Waals surface area (Å²) in [6.45, 7) is 1.47. The van der Waals surface area contributed by atoms with Crippen molar-refractivity contribution >= 4 is 64.7 Å². The predicted molar refractivity (Wildman–Crippen MR) is 234 cm³/mol. The number of rotatable bonds is 15. The van der Waals surface area contributed by atoms with E-state index in [1.54, 1.807) is 6.92 Å². The van der Waals surface area contributed by atoms with Crippen LogP contribution in [0, 0.1) is 42.2 Å². The Balaban J connectivity index is 1.11. The summed E-state index contributed by atoms with van der Waals surface area (Å²) in [6.07, 6.45) is -2.97. The van der Waals surface area contributed by atoms with Crippen molar-refractivity contribution in [2.75, 3.05) is 26.2 Å². The number of benzene rings is 3. The molecule has 25 heteroatoms. The number of aliphatic hydroxyl groups excluding tert-OH is 1. The van der Waals surface area contributed by atoms with Crippen LogP contribution in [0.2, 0.25) is 0 Å². The number of thioether (sulfide) groups is 1. The highest BCUT2D eigenvalue weighted by Crippen LogP contribution is 2.52. The van der Waals surface area contributed by atoms with Crippen LogP contribution in [-0.4, -0.2) is 131 Å². The number of hydrogen-bond donors (Lipinski definition) is 2. The molecule has 0 aromatic heterocycles. The molecule has 0 radical (unpaired) electrons. The summed E-state index contributed by atoms with van der Waals surface area (Å²) in [7, 11) is 0. The van der Waals surface area contributed by atoms with E-state index in [0.717, 1.165) is 16.7 Å². The number of piperazine rings is 1. The van der Waals surface area contributed by atoms with Gasteiger partial charge < -0.3 is 34.9 Å². The number of likely N-dealkylation sites (tertiary alicyclic amines) is 1. The highest BCUT2D eigenvalue weighted by molar-refractivity contribution is 8.03. The van der Waals surface area contributed by atoms with E-state index in [4.69, 9.17) is 19.9 Å². The van der Waals surface area contributed by atoms with Crippen molar-refractivity contribution < 1.29 is 62.9 Å². The first-order valence-electron chi connectivity index (χ1n) is 21.1. The lowest BCUT2D eigenvalue weighted by Gasteiger charge is -2.46. The topological polar surface area (TPSA) is 319 Å². The quantitative estimate of drug-likeness (QED) is 0.0725. The molecule has 5 amide bonds. The zero-order chi connectivity index (χ0) is 49.1. The predicted octanol–water partition coefficient (Wildman–Crippen LogP) is 3.37. The van der Waals surface area contributed by atoms with Crippen LogP contribution in [0.1, 0.15) is 37.0 Å². The normalized spacial score (nSPS) is 22.5. The number of aliphatic hydroxyl groups is 1. The molecule has 3 aromatic carbocycles. The minimum Gasteiger partial charge on any atom is -0.456 e. The molecule has 358 valence electrons. The Morgan fingerprint density at radius 3 is 1.66 bits per heavy atom. The van der Waals surface area contributed by atoms with E-state index in [1.165, 1.54) is 94.4 Å². The number of carbonyl (C=O) groups excluding carboxylic acids is 6. The Morgan fingerprint density at radius 1 is 0.735 bits per heavy atom. The SMILES string of the molecule is C[C@@H](O)[C@H]1C(=O)N2C(C(=O)OCc3ccc([N+](=O)[O-])cc3)=C(S[C@H]3C[C@@H](C(=O)N4CCN(C(=O)OCc5ccc([N+](=O)[O-])cc5)C(C(N)=O)C4)N(C(=O)OCc4ccc([N+](=O)[O-])cc4)C3)[C@H](C)[C@H]12. The molecule has 0 aliphatic carbocycles. The second-order valence-electron chi connectivity index (χ2n) is 16.5. The highest BCUT2D eigenvalue weighted by Gasteiger charge is 2.61. The molecule has 0 spiro atoms. The van der Waals surface area contributed by atoms with Crippen molar-refractivity contribution in [3.63, 3.8) is 0 Å². The average Bonchev–Trinajstić information content (AvgIpc) is 3.85. The van der Waals surface area contributed by atoms with E-state index in [2.05, 4.69) is 0 Å². The fraction of sp³-hybridized carbons (Fsp3) is 0.395. The standard InChI is InChI=1S/C43H44N8O16S/c1-23-35-34(24(2)52)40(55)48(35)36(41(56)65-20-25-3-9-28(10-4-25)49(59)60)37(23)68-31-17-32(47(18-31)43(58)67-22-27-7-13-30(14-8-27)51(63)64)39(54)45-15-16-46(33(19-45)38(44)53)42(57)66-21-26-5-11-29(12-6-26)50(61)62/h3-14,23-24,31-35,52H,15-22H2,1-2H3,(H2,44,53)/t23-,24-,31+,32+,33?,34-,35-/m1/s1. The number of esters is 1. The smallest absolute Gasteiger partial charge is 0.410 e. The first-order chi connectivity index (χ1) is 32.3. The molecule has 3 fully saturated rings. The molecule has 3 aromatic rings. The van der Waals surface area contributed by atoms with Gasteiger partial charge in [-0.25, -0.2) is 14.4 Å². The molecule has 24 nitrogen and oxygen atoms in total. The van der Waals surface area contributed by atoms with Crippen LogP contribution in [0.15, 0.2) is 83.4 Å². The number of fused-ring (bicyclic) bond motifs is 1. The van der Waals surface area contributed by atoms with Crippen molar-refractivity contribution in [2.24, 2.45) is 17.6 Å². The number of hydrogen-bond acceptors (Lipinski definition) is 17. The van der Waals surface area contributed by atoms with E-state index >= 15 is 0 Å². The van der Waals surface area contributed by atoms with Gasteiger partial charge in [0.2, 0.25) is 17.7 Å². The number of carbonyl (C=O) groups is 6. The summed E-state index contributed by atoms with van der Waals surface area (Å²) in [5, 5.41) is 43.3. The summed E-state index contributed by atoms with van der Waals surface area (Å²) in [5.41, 5.74) is 6.38. The van der Waals surface area contributed by atoms with Gasteiger partial charge in [-0.3, -0.25) is 54.5 Å². The molecule has 3 saturated heterocycles. The molecule has 1 unspecified atom stereocenters. The fourth-order valence-electron chi connectivity index (χ4n) is 8.64. The van der Waals surface area contributed by atoms with Gasteiger partial charge in [0.05, 0.1) is 39.4 Å². The lowest BCUT2D eigenvalue weighted by Crippen LogP contribution is -2.63. The van der Waals surface area contributed by atoms with Crippen LogP contribution in [0.4, 0.5) is 26.7 Å². The van der Waals surface area contributed by atoms with Crippen molar-refractivity contribution in [1.29, 1.82) is 0 Å². The van der Waals surface area contributed by atoms with Crippen molar-refractivity contribution in [2.45, 2.75) is 69.6 Å². The van der Waals surface area contributed by atoms with Gasteiger partial charge in [0, 0.05) is 72.1 Å². The average molecular weight is 961 g/mol. The van der Waals surface area contributed by atoms with Gasteiger partial charge in [0.1, 0.15) is 37.6 Å².